The quantitative estimate of drug-likeness (QED) is 0.782. The average molecular weight is 359 g/mol. The fraction of sp³-hybridized carbons (Fsp3) is 0.353. The molecule has 6 nitrogen and oxygen atoms in total. The van der Waals surface area contributed by atoms with Gasteiger partial charge < -0.3 is 10.2 Å². The third kappa shape index (κ3) is 2.97. The standard InChI is InChI=1S/C17H18FN5OS/c1-2-8-19-16(24)22-9-7-13-14(10-22)25-17-20-15(21-23(13)17)11-3-5-12(18)6-4-11/h3-6H,2,7-10H2,1H3,(H,19,24). The van der Waals surface area contributed by atoms with Gasteiger partial charge in [0.15, 0.2) is 5.82 Å². The number of rotatable bonds is 3. The zero-order valence-corrected chi connectivity index (χ0v) is 14.6. The van der Waals surface area contributed by atoms with E-state index in [1.807, 2.05) is 16.3 Å². The second kappa shape index (κ2) is 6.44. The summed E-state index contributed by atoms with van der Waals surface area (Å²) >= 11 is 1.56. The van der Waals surface area contributed by atoms with Gasteiger partial charge in [0, 0.05) is 30.0 Å². The molecule has 0 radical (unpaired) electrons. The van der Waals surface area contributed by atoms with Crippen LogP contribution in [-0.4, -0.2) is 38.6 Å². The lowest BCUT2D eigenvalue weighted by atomic mass is 10.2. The highest BCUT2D eigenvalue weighted by Crippen LogP contribution is 2.29. The van der Waals surface area contributed by atoms with Crippen molar-refractivity contribution in [2.45, 2.75) is 26.3 Å². The van der Waals surface area contributed by atoms with Crippen molar-refractivity contribution in [1.82, 2.24) is 24.8 Å². The second-order valence-electron chi connectivity index (χ2n) is 6.01. The largest absolute Gasteiger partial charge is 0.338 e. The Morgan fingerprint density at radius 1 is 1.36 bits per heavy atom. The molecule has 0 spiro atoms. The first-order chi connectivity index (χ1) is 12.2. The molecule has 1 aliphatic heterocycles. The van der Waals surface area contributed by atoms with Gasteiger partial charge in [-0.25, -0.2) is 13.7 Å². The fourth-order valence-electron chi connectivity index (χ4n) is 2.93. The van der Waals surface area contributed by atoms with Crippen molar-refractivity contribution in [3.63, 3.8) is 0 Å². The molecule has 1 aliphatic rings. The van der Waals surface area contributed by atoms with E-state index in [9.17, 15) is 9.18 Å². The topological polar surface area (TPSA) is 62.5 Å². The molecule has 2 amide bonds. The molecule has 0 aliphatic carbocycles. The summed E-state index contributed by atoms with van der Waals surface area (Å²) in [5.41, 5.74) is 1.91. The Morgan fingerprint density at radius 3 is 2.92 bits per heavy atom. The Labute approximate surface area is 148 Å². The molecule has 2 aromatic heterocycles. The number of halogens is 1. The van der Waals surface area contributed by atoms with Gasteiger partial charge in [0.25, 0.3) is 0 Å². The van der Waals surface area contributed by atoms with E-state index in [2.05, 4.69) is 15.4 Å². The molecule has 0 bridgehead atoms. The summed E-state index contributed by atoms with van der Waals surface area (Å²) in [5.74, 6) is 0.320. The van der Waals surface area contributed by atoms with E-state index in [1.165, 1.54) is 12.1 Å². The van der Waals surface area contributed by atoms with Crippen LogP contribution in [0, 0.1) is 5.82 Å². The molecule has 1 aromatic carbocycles. The summed E-state index contributed by atoms with van der Waals surface area (Å²) < 4.78 is 14.9. The zero-order valence-electron chi connectivity index (χ0n) is 13.8. The number of carbonyl (C=O) groups is 1. The maximum atomic E-state index is 13.1. The average Bonchev–Trinajstić information content (AvgIpc) is 3.17. The van der Waals surface area contributed by atoms with Crippen LogP contribution in [0.25, 0.3) is 16.3 Å². The van der Waals surface area contributed by atoms with Crippen LogP contribution in [-0.2, 0) is 13.0 Å². The number of hydrogen-bond acceptors (Lipinski definition) is 4. The predicted octanol–water partition coefficient (Wildman–Crippen LogP) is 3.07. The number of nitrogens with zero attached hydrogens (tertiary/aromatic N) is 4. The van der Waals surface area contributed by atoms with E-state index >= 15 is 0 Å². The third-order valence-electron chi connectivity index (χ3n) is 4.24. The number of aromatic nitrogens is 3. The molecule has 4 rings (SSSR count). The molecule has 1 N–H and O–H groups in total. The second-order valence-corrected chi connectivity index (χ2v) is 7.07. The Kier molecular flexibility index (Phi) is 4.12. The van der Waals surface area contributed by atoms with Gasteiger partial charge in [0.2, 0.25) is 4.96 Å². The van der Waals surface area contributed by atoms with Crippen molar-refractivity contribution >= 4 is 22.3 Å². The van der Waals surface area contributed by atoms with Crippen molar-refractivity contribution < 1.29 is 9.18 Å². The highest BCUT2D eigenvalue weighted by molar-refractivity contribution is 7.17. The normalized spacial score (nSPS) is 13.9. The Hall–Kier alpha value is -2.48. The van der Waals surface area contributed by atoms with E-state index in [0.717, 1.165) is 33.9 Å². The van der Waals surface area contributed by atoms with Crippen LogP contribution < -0.4 is 5.32 Å². The van der Waals surface area contributed by atoms with Gasteiger partial charge in [0.1, 0.15) is 5.82 Å². The first-order valence-corrected chi connectivity index (χ1v) is 9.13. The summed E-state index contributed by atoms with van der Waals surface area (Å²) in [5, 5.41) is 7.50. The van der Waals surface area contributed by atoms with E-state index in [0.29, 0.717) is 25.5 Å². The summed E-state index contributed by atoms with van der Waals surface area (Å²) in [6, 6.07) is 6.17. The van der Waals surface area contributed by atoms with Gasteiger partial charge in [0.05, 0.1) is 12.2 Å². The smallest absolute Gasteiger partial charge is 0.317 e. The van der Waals surface area contributed by atoms with E-state index in [1.54, 1.807) is 23.5 Å². The molecule has 0 unspecified atom stereocenters. The lowest BCUT2D eigenvalue weighted by Crippen LogP contribution is -2.42. The molecule has 3 aromatic rings. The van der Waals surface area contributed by atoms with Gasteiger partial charge in [-0.15, -0.1) is 5.10 Å². The van der Waals surface area contributed by atoms with Crippen LogP contribution in [0.4, 0.5) is 9.18 Å². The Balaban J connectivity index is 1.59. The number of benzene rings is 1. The molecule has 130 valence electrons. The summed E-state index contributed by atoms with van der Waals surface area (Å²) in [7, 11) is 0. The van der Waals surface area contributed by atoms with Gasteiger partial charge in [-0.3, -0.25) is 0 Å². The molecule has 8 heteroatoms. The number of carbonyl (C=O) groups excluding carboxylic acids is 1. The van der Waals surface area contributed by atoms with E-state index in [4.69, 9.17) is 0 Å². The lowest BCUT2D eigenvalue weighted by molar-refractivity contribution is 0.192. The van der Waals surface area contributed by atoms with Crippen molar-refractivity contribution in [1.29, 1.82) is 0 Å². The molecule has 0 fully saturated rings. The Morgan fingerprint density at radius 2 is 2.16 bits per heavy atom. The van der Waals surface area contributed by atoms with Crippen LogP contribution >= 0.6 is 11.3 Å². The van der Waals surface area contributed by atoms with Crippen LogP contribution in [0.1, 0.15) is 23.9 Å². The minimum Gasteiger partial charge on any atom is -0.338 e. The number of thiazole rings is 1. The molecule has 0 atom stereocenters. The van der Waals surface area contributed by atoms with Gasteiger partial charge in [-0.2, -0.15) is 4.98 Å². The molecule has 0 saturated heterocycles. The molecular weight excluding hydrogens is 341 g/mol. The van der Waals surface area contributed by atoms with Crippen LogP contribution in [0.15, 0.2) is 24.3 Å². The number of fused-ring (bicyclic) bond motifs is 3. The number of nitrogens with one attached hydrogen (secondary N) is 1. The van der Waals surface area contributed by atoms with Crippen molar-refractivity contribution in [3.8, 4) is 11.4 Å². The third-order valence-corrected chi connectivity index (χ3v) is 5.30. The van der Waals surface area contributed by atoms with Crippen LogP contribution in [0.3, 0.4) is 0 Å². The number of urea groups is 1. The monoisotopic (exact) mass is 359 g/mol. The highest BCUT2D eigenvalue weighted by atomic mass is 32.1. The maximum absolute atomic E-state index is 13.1. The van der Waals surface area contributed by atoms with Gasteiger partial charge in [-0.1, -0.05) is 18.3 Å². The fourth-order valence-corrected chi connectivity index (χ4v) is 4.04. The minimum atomic E-state index is -0.274. The van der Waals surface area contributed by atoms with Crippen LogP contribution in [0.5, 0.6) is 0 Å². The number of amides is 2. The molecule has 3 heterocycles. The van der Waals surface area contributed by atoms with Crippen LogP contribution in [0.2, 0.25) is 0 Å². The maximum Gasteiger partial charge on any atom is 0.317 e. The predicted molar refractivity (Wildman–Crippen MR) is 94.1 cm³/mol. The molecular formula is C17H18FN5OS. The Bertz CT molecular complexity index is 917. The van der Waals surface area contributed by atoms with Crippen molar-refractivity contribution in [2.75, 3.05) is 13.1 Å². The highest BCUT2D eigenvalue weighted by Gasteiger charge is 2.26. The lowest BCUT2D eigenvalue weighted by Gasteiger charge is -2.26. The minimum absolute atomic E-state index is 0.0153. The van der Waals surface area contributed by atoms with Gasteiger partial charge >= 0.3 is 6.03 Å². The van der Waals surface area contributed by atoms with E-state index < -0.39 is 0 Å². The van der Waals surface area contributed by atoms with E-state index in [-0.39, 0.29) is 11.8 Å². The zero-order chi connectivity index (χ0) is 17.4. The molecule has 0 saturated carbocycles. The first-order valence-electron chi connectivity index (χ1n) is 8.31. The van der Waals surface area contributed by atoms with Crippen molar-refractivity contribution in [2.24, 2.45) is 0 Å². The SMILES string of the molecule is CCCNC(=O)N1CCc2c(sc3nc(-c4ccc(F)cc4)nn23)C1. The first kappa shape index (κ1) is 16.0. The summed E-state index contributed by atoms with van der Waals surface area (Å²) in [6.07, 6.45) is 1.68. The summed E-state index contributed by atoms with van der Waals surface area (Å²) in [4.78, 5) is 20.5. The van der Waals surface area contributed by atoms with Crippen molar-refractivity contribution in [3.05, 3.63) is 40.7 Å². The molecule has 25 heavy (non-hydrogen) atoms. The van der Waals surface area contributed by atoms with Gasteiger partial charge in [-0.05, 0) is 30.7 Å². The number of hydrogen-bond donors (Lipinski definition) is 1. The summed E-state index contributed by atoms with van der Waals surface area (Å²) in [6.45, 7) is 3.98.